The Morgan fingerprint density at radius 1 is 1.60 bits per heavy atom. The first-order valence-electron chi connectivity index (χ1n) is 6.26. The standard InChI is InChI=1S/C13H17ClN2O4/c1-13(2)7-16(5-8(6-17)20-13)10-4-3-9(14)11(15-10)12(18)19/h3-4,8,17H,5-7H2,1-2H3,(H,18,19). The first-order valence-corrected chi connectivity index (χ1v) is 6.63. The van der Waals surface area contributed by atoms with Crippen molar-refractivity contribution in [2.45, 2.75) is 25.6 Å². The predicted molar refractivity (Wildman–Crippen MR) is 74.5 cm³/mol. The Morgan fingerprint density at radius 2 is 2.30 bits per heavy atom. The summed E-state index contributed by atoms with van der Waals surface area (Å²) in [6.45, 7) is 4.73. The van der Waals surface area contributed by atoms with Gasteiger partial charge in [0.15, 0.2) is 5.69 Å². The number of nitrogens with zero attached hydrogens (tertiary/aromatic N) is 2. The van der Waals surface area contributed by atoms with Crippen LogP contribution in [0.4, 0.5) is 5.82 Å². The third-order valence-corrected chi connectivity index (χ3v) is 3.35. The molecule has 110 valence electrons. The highest BCUT2D eigenvalue weighted by Crippen LogP contribution is 2.26. The molecule has 1 fully saturated rings. The quantitative estimate of drug-likeness (QED) is 0.878. The summed E-state index contributed by atoms with van der Waals surface area (Å²) in [5, 5.41) is 18.5. The fourth-order valence-corrected chi connectivity index (χ4v) is 2.51. The Hall–Kier alpha value is -1.37. The molecule has 1 saturated heterocycles. The van der Waals surface area contributed by atoms with E-state index < -0.39 is 11.6 Å². The molecule has 0 aromatic carbocycles. The van der Waals surface area contributed by atoms with Gasteiger partial charge in [-0.05, 0) is 26.0 Å². The van der Waals surface area contributed by atoms with Crippen LogP contribution >= 0.6 is 11.6 Å². The zero-order valence-corrected chi connectivity index (χ0v) is 12.1. The van der Waals surface area contributed by atoms with Crippen molar-refractivity contribution >= 4 is 23.4 Å². The van der Waals surface area contributed by atoms with E-state index in [1.165, 1.54) is 6.07 Å². The normalized spacial score (nSPS) is 21.8. The van der Waals surface area contributed by atoms with Gasteiger partial charge in [0, 0.05) is 13.1 Å². The number of hydrogen-bond donors (Lipinski definition) is 2. The molecule has 0 bridgehead atoms. The third-order valence-electron chi connectivity index (χ3n) is 3.04. The number of aromatic carboxylic acids is 1. The lowest BCUT2D eigenvalue weighted by Crippen LogP contribution is -2.54. The SMILES string of the molecule is CC1(C)CN(c2ccc(Cl)c(C(=O)O)n2)CC(CO)O1. The first kappa shape index (κ1) is 15.0. The van der Waals surface area contributed by atoms with Crippen molar-refractivity contribution in [1.29, 1.82) is 0 Å². The van der Waals surface area contributed by atoms with Crippen LogP contribution < -0.4 is 4.90 Å². The van der Waals surface area contributed by atoms with Gasteiger partial charge in [-0.2, -0.15) is 0 Å². The number of morpholine rings is 1. The highest BCUT2D eigenvalue weighted by molar-refractivity contribution is 6.33. The van der Waals surface area contributed by atoms with Crippen molar-refractivity contribution in [1.82, 2.24) is 4.98 Å². The highest BCUT2D eigenvalue weighted by Gasteiger charge is 2.34. The molecule has 0 amide bonds. The maximum Gasteiger partial charge on any atom is 0.356 e. The molecule has 7 heteroatoms. The maximum absolute atomic E-state index is 11.1. The van der Waals surface area contributed by atoms with Crippen molar-refractivity contribution in [2.75, 3.05) is 24.6 Å². The van der Waals surface area contributed by atoms with Crippen molar-refractivity contribution in [3.63, 3.8) is 0 Å². The van der Waals surface area contributed by atoms with Gasteiger partial charge in [-0.3, -0.25) is 0 Å². The van der Waals surface area contributed by atoms with Crippen molar-refractivity contribution in [3.05, 3.63) is 22.8 Å². The number of carbonyl (C=O) groups is 1. The molecule has 0 aliphatic carbocycles. The number of pyridine rings is 1. The van der Waals surface area contributed by atoms with Crippen LogP contribution in [0.5, 0.6) is 0 Å². The van der Waals surface area contributed by atoms with E-state index in [0.29, 0.717) is 18.9 Å². The van der Waals surface area contributed by atoms with Gasteiger partial charge < -0.3 is 19.8 Å². The van der Waals surface area contributed by atoms with Crippen LogP contribution in [-0.2, 0) is 4.74 Å². The van der Waals surface area contributed by atoms with Crippen LogP contribution in [-0.4, -0.2) is 52.6 Å². The van der Waals surface area contributed by atoms with E-state index in [2.05, 4.69) is 4.98 Å². The molecule has 20 heavy (non-hydrogen) atoms. The second-order valence-corrected chi connectivity index (χ2v) is 5.77. The van der Waals surface area contributed by atoms with Crippen molar-refractivity contribution in [2.24, 2.45) is 0 Å². The summed E-state index contributed by atoms with van der Waals surface area (Å²) in [6.07, 6.45) is -0.329. The maximum atomic E-state index is 11.1. The number of ether oxygens (including phenoxy) is 1. The molecule has 1 aromatic rings. The Bertz CT molecular complexity index is 521. The van der Waals surface area contributed by atoms with E-state index in [9.17, 15) is 9.90 Å². The van der Waals surface area contributed by atoms with Crippen LogP contribution in [0, 0.1) is 0 Å². The van der Waals surface area contributed by atoms with Gasteiger partial charge in [-0.25, -0.2) is 9.78 Å². The Kier molecular flexibility index (Phi) is 4.17. The molecule has 0 spiro atoms. The zero-order valence-electron chi connectivity index (χ0n) is 11.3. The smallest absolute Gasteiger partial charge is 0.356 e. The third kappa shape index (κ3) is 3.20. The average Bonchev–Trinajstić information content (AvgIpc) is 2.36. The highest BCUT2D eigenvalue weighted by atomic mass is 35.5. The zero-order chi connectivity index (χ0) is 14.9. The monoisotopic (exact) mass is 300 g/mol. The Morgan fingerprint density at radius 3 is 2.90 bits per heavy atom. The van der Waals surface area contributed by atoms with E-state index in [0.717, 1.165) is 0 Å². The van der Waals surface area contributed by atoms with Gasteiger partial charge >= 0.3 is 5.97 Å². The fourth-order valence-electron chi connectivity index (χ4n) is 2.32. The molecule has 2 heterocycles. The predicted octanol–water partition coefficient (Wildman–Crippen LogP) is 1.41. The van der Waals surface area contributed by atoms with E-state index in [4.69, 9.17) is 21.4 Å². The van der Waals surface area contributed by atoms with Gasteiger partial charge in [0.2, 0.25) is 0 Å². The van der Waals surface area contributed by atoms with Gasteiger partial charge in [0.05, 0.1) is 23.3 Å². The summed E-state index contributed by atoms with van der Waals surface area (Å²) >= 11 is 5.82. The molecule has 0 saturated carbocycles. The topological polar surface area (TPSA) is 82.9 Å². The number of halogens is 1. The minimum Gasteiger partial charge on any atom is -0.476 e. The molecule has 1 aromatic heterocycles. The van der Waals surface area contributed by atoms with Gasteiger partial charge in [-0.1, -0.05) is 11.6 Å². The molecule has 1 atom stereocenters. The molecule has 0 radical (unpaired) electrons. The largest absolute Gasteiger partial charge is 0.476 e. The molecule has 2 rings (SSSR count). The van der Waals surface area contributed by atoms with E-state index in [1.54, 1.807) is 6.07 Å². The van der Waals surface area contributed by atoms with Crippen molar-refractivity contribution in [3.8, 4) is 0 Å². The summed E-state index contributed by atoms with van der Waals surface area (Å²) < 4.78 is 5.71. The molecular weight excluding hydrogens is 284 g/mol. The van der Waals surface area contributed by atoms with Crippen molar-refractivity contribution < 1.29 is 19.7 Å². The Balaban J connectivity index is 2.30. The summed E-state index contributed by atoms with van der Waals surface area (Å²) in [4.78, 5) is 17.1. The number of carboxylic acids is 1. The number of anilines is 1. The lowest BCUT2D eigenvalue weighted by atomic mass is 10.1. The summed E-state index contributed by atoms with van der Waals surface area (Å²) in [5.41, 5.74) is -0.620. The fraction of sp³-hybridized carbons (Fsp3) is 0.538. The number of carboxylic acid groups (broad SMARTS) is 1. The Labute approximate surface area is 121 Å². The molecule has 1 unspecified atom stereocenters. The van der Waals surface area contributed by atoms with Crippen LogP contribution in [0.3, 0.4) is 0 Å². The summed E-state index contributed by atoms with van der Waals surface area (Å²) in [5.74, 6) is -0.648. The number of aromatic nitrogens is 1. The van der Waals surface area contributed by atoms with Gasteiger partial charge in [0.1, 0.15) is 5.82 Å². The molecule has 6 nitrogen and oxygen atoms in total. The van der Waals surface area contributed by atoms with E-state index in [1.807, 2.05) is 18.7 Å². The summed E-state index contributed by atoms with van der Waals surface area (Å²) in [6, 6.07) is 3.19. The van der Waals surface area contributed by atoms with Crippen LogP contribution in [0.2, 0.25) is 5.02 Å². The second kappa shape index (κ2) is 5.55. The number of rotatable bonds is 3. The first-order chi connectivity index (χ1) is 9.32. The number of aliphatic hydroxyl groups is 1. The lowest BCUT2D eigenvalue weighted by Gasteiger charge is -2.42. The minimum atomic E-state index is -1.16. The molecule has 2 N–H and O–H groups in total. The van der Waals surface area contributed by atoms with Gasteiger partial charge in [0.25, 0.3) is 0 Å². The summed E-state index contributed by atoms with van der Waals surface area (Å²) in [7, 11) is 0. The minimum absolute atomic E-state index is 0.0979. The molecule has 1 aliphatic heterocycles. The van der Waals surface area contributed by atoms with Gasteiger partial charge in [-0.15, -0.1) is 0 Å². The van der Waals surface area contributed by atoms with Crippen LogP contribution in [0.25, 0.3) is 0 Å². The second-order valence-electron chi connectivity index (χ2n) is 5.37. The lowest BCUT2D eigenvalue weighted by molar-refractivity contribution is -0.101. The average molecular weight is 301 g/mol. The number of hydrogen-bond acceptors (Lipinski definition) is 5. The number of aliphatic hydroxyl groups excluding tert-OH is 1. The van der Waals surface area contributed by atoms with E-state index >= 15 is 0 Å². The van der Waals surface area contributed by atoms with Crippen LogP contribution in [0.15, 0.2) is 12.1 Å². The van der Waals surface area contributed by atoms with Crippen LogP contribution in [0.1, 0.15) is 24.3 Å². The molecular formula is C13H17ClN2O4. The molecule has 1 aliphatic rings. The van der Waals surface area contributed by atoms with E-state index in [-0.39, 0.29) is 23.4 Å².